The number of rotatable bonds is 4. The largest absolute Gasteiger partial charge is 0.490 e. The normalized spacial score (nSPS) is 13.5. The van der Waals surface area contributed by atoms with Crippen molar-refractivity contribution in [1.82, 2.24) is 0 Å². The maximum Gasteiger partial charge on any atom is 0.490 e. The van der Waals surface area contributed by atoms with E-state index in [1.165, 1.54) is 0 Å². The fourth-order valence-corrected chi connectivity index (χ4v) is 2.82. The predicted octanol–water partition coefficient (Wildman–Crippen LogP) is -0.697. The van der Waals surface area contributed by atoms with Crippen molar-refractivity contribution < 1.29 is 65.3 Å². The van der Waals surface area contributed by atoms with Gasteiger partial charge in [-0.15, -0.1) is 0 Å². The topological polar surface area (TPSA) is 171 Å². The average molecular weight is 309 g/mol. The molecule has 1 radical (unpaired) electrons. The minimum absolute atomic E-state index is 0. The van der Waals surface area contributed by atoms with Crippen molar-refractivity contribution in [2.45, 2.75) is 0 Å². The maximum absolute atomic E-state index is 10.4. The zero-order valence-electron chi connectivity index (χ0n) is 6.07. The van der Waals surface area contributed by atoms with Crippen LogP contribution in [0, 0.1) is 0 Å². The van der Waals surface area contributed by atoms with Gasteiger partial charge < -0.3 is 24.5 Å². The van der Waals surface area contributed by atoms with Crippen LogP contribution in [0.1, 0.15) is 0 Å². The molecule has 0 rings (SSSR count). The Labute approximate surface area is 89.2 Å². The molecule has 0 aliphatic carbocycles. The zero-order chi connectivity index (χ0) is 10.9. The molecule has 0 fully saturated rings. The van der Waals surface area contributed by atoms with Crippen LogP contribution in [0.3, 0.4) is 0 Å². The van der Waals surface area contributed by atoms with E-state index in [0.717, 1.165) is 0 Å². The van der Waals surface area contributed by atoms with Gasteiger partial charge >= 0.3 is 23.5 Å². The Hall–Kier alpha value is 0.994. The Bertz CT molecular complexity index is 277. The standard InChI is InChI=1S/H5O10P3.V/c1-11(2,3)9-13(7,8)10-12(4,5)6;/h(H,7,8)(H2,1,2,3)(H2,4,5,6);. The summed E-state index contributed by atoms with van der Waals surface area (Å²) in [4.78, 5) is 40.2. The minimum atomic E-state index is -5.46. The summed E-state index contributed by atoms with van der Waals surface area (Å²) in [5, 5.41) is 0. The summed E-state index contributed by atoms with van der Waals surface area (Å²) in [6.07, 6.45) is 0. The van der Waals surface area contributed by atoms with Gasteiger partial charge in [0.15, 0.2) is 0 Å². The molecule has 5 N–H and O–H groups in total. The first kappa shape index (κ1) is 17.4. The third kappa shape index (κ3) is 11.1. The Balaban J connectivity index is 0. The maximum atomic E-state index is 10.4. The molecule has 0 aromatic rings. The van der Waals surface area contributed by atoms with Gasteiger partial charge in [-0.2, -0.15) is 8.62 Å². The molecule has 0 saturated heterocycles. The first-order chi connectivity index (χ1) is 5.41. The van der Waals surface area contributed by atoms with Crippen LogP contribution in [0.15, 0.2) is 0 Å². The molecule has 0 aliphatic heterocycles. The van der Waals surface area contributed by atoms with Crippen molar-refractivity contribution in [2.24, 2.45) is 0 Å². The number of hydrogen-bond acceptors (Lipinski definition) is 5. The summed E-state index contributed by atoms with van der Waals surface area (Å²) in [6, 6.07) is 0. The smallest absolute Gasteiger partial charge is 0.302 e. The van der Waals surface area contributed by atoms with E-state index in [-0.39, 0.29) is 18.6 Å². The summed E-state index contributed by atoms with van der Waals surface area (Å²) in [7, 11) is -16.2. The fraction of sp³-hybridized carbons (Fsp3) is 0. The first-order valence-electron chi connectivity index (χ1n) is 2.28. The van der Waals surface area contributed by atoms with Crippen LogP contribution in [-0.2, 0) is 40.9 Å². The van der Waals surface area contributed by atoms with E-state index in [1.54, 1.807) is 0 Å². The molecule has 14 heavy (non-hydrogen) atoms. The zero-order valence-corrected chi connectivity index (χ0v) is 10.1. The second-order valence-corrected chi connectivity index (χ2v) is 5.82. The summed E-state index contributed by atoms with van der Waals surface area (Å²) in [5.74, 6) is 0. The van der Waals surface area contributed by atoms with Crippen LogP contribution in [0.2, 0.25) is 0 Å². The molecule has 0 saturated carbocycles. The quantitative estimate of drug-likeness (QED) is 0.418. The van der Waals surface area contributed by atoms with Gasteiger partial charge in [0.1, 0.15) is 0 Å². The molecule has 0 aromatic carbocycles. The summed E-state index contributed by atoms with van der Waals surface area (Å²) >= 11 is 0. The van der Waals surface area contributed by atoms with Crippen molar-refractivity contribution in [3.63, 3.8) is 0 Å². The van der Waals surface area contributed by atoms with E-state index in [9.17, 15) is 13.7 Å². The van der Waals surface area contributed by atoms with Crippen molar-refractivity contribution in [1.29, 1.82) is 0 Å². The van der Waals surface area contributed by atoms with Crippen molar-refractivity contribution in [3.05, 3.63) is 0 Å². The molecule has 0 unspecified atom stereocenters. The summed E-state index contributed by atoms with van der Waals surface area (Å²) < 4.78 is 36.4. The molecule has 14 heteroatoms. The van der Waals surface area contributed by atoms with E-state index in [2.05, 4.69) is 8.62 Å². The molecule has 0 heterocycles. The van der Waals surface area contributed by atoms with Gasteiger partial charge in [-0.1, -0.05) is 0 Å². The van der Waals surface area contributed by atoms with Gasteiger partial charge in [-0.25, -0.2) is 13.7 Å². The van der Waals surface area contributed by atoms with Crippen LogP contribution in [0.25, 0.3) is 0 Å². The summed E-state index contributed by atoms with van der Waals surface area (Å²) in [6.45, 7) is 0. The molecule has 0 spiro atoms. The number of hydrogen-bond donors (Lipinski definition) is 5. The first-order valence-corrected chi connectivity index (χ1v) is 6.83. The van der Waals surface area contributed by atoms with Crippen molar-refractivity contribution in [3.8, 4) is 0 Å². The molecule has 0 bridgehead atoms. The van der Waals surface area contributed by atoms with E-state index in [1.807, 2.05) is 0 Å². The van der Waals surface area contributed by atoms with E-state index in [0.29, 0.717) is 0 Å². The molecule has 85 valence electrons. The van der Waals surface area contributed by atoms with Crippen LogP contribution < -0.4 is 0 Å². The molecular weight excluding hydrogens is 304 g/mol. The summed E-state index contributed by atoms with van der Waals surface area (Å²) in [5.41, 5.74) is 0. The number of phosphoric acid groups is 3. The van der Waals surface area contributed by atoms with Crippen LogP contribution in [0.5, 0.6) is 0 Å². The van der Waals surface area contributed by atoms with Gasteiger partial charge in [0.25, 0.3) is 0 Å². The van der Waals surface area contributed by atoms with Gasteiger partial charge in [0.2, 0.25) is 0 Å². The monoisotopic (exact) mass is 309 g/mol. The van der Waals surface area contributed by atoms with E-state index < -0.39 is 23.5 Å². The van der Waals surface area contributed by atoms with Crippen LogP contribution >= 0.6 is 23.5 Å². The SMILES string of the molecule is O=P(O)(O)OP(=O)(O)OP(=O)(O)O.[V]. The Morgan fingerprint density at radius 2 is 0.929 bits per heavy atom. The van der Waals surface area contributed by atoms with Crippen LogP contribution in [0.4, 0.5) is 0 Å². The average Bonchev–Trinajstić information content (AvgIpc) is 1.43. The molecular formula is H5O10P3V. The van der Waals surface area contributed by atoms with Gasteiger partial charge in [0, 0.05) is 18.6 Å². The fourth-order valence-electron chi connectivity index (χ4n) is 0.284. The Kier molecular flexibility index (Phi) is 6.66. The van der Waals surface area contributed by atoms with E-state index >= 15 is 0 Å². The predicted molar refractivity (Wildman–Crippen MR) is 36.1 cm³/mol. The van der Waals surface area contributed by atoms with Crippen molar-refractivity contribution in [2.75, 3.05) is 0 Å². The van der Waals surface area contributed by atoms with Crippen molar-refractivity contribution >= 4 is 23.5 Å². The molecule has 0 aromatic heterocycles. The molecule has 10 nitrogen and oxygen atoms in total. The molecule has 0 aliphatic rings. The van der Waals surface area contributed by atoms with Crippen LogP contribution in [-0.4, -0.2) is 24.5 Å². The van der Waals surface area contributed by atoms with E-state index in [4.69, 9.17) is 24.5 Å². The third-order valence-electron chi connectivity index (χ3n) is 0.419. The third-order valence-corrected chi connectivity index (χ3v) is 3.77. The second-order valence-electron chi connectivity index (χ2n) is 1.61. The Morgan fingerprint density at radius 3 is 1.07 bits per heavy atom. The Morgan fingerprint density at radius 1 is 0.714 bits per heavy atom. The van der Waals surface area contributed by atoms with Gasteiger partial charge in [0.05, 0.1) is 0 Å². The minimum Gasteiger partial charge on any atom is -0.302 e. The van der Waals surface area contributed by atoms with Gasteiger partial charge in [-0.3, -0.25) is 0 Å². The van der Waals surface area contributed by atoms with Gasteiger partial charge in [-0.05, 0) is 0 Å². The molecule has 0 atom stereocenters. The molecule has 0 amide bonds. The second kappa shape index (κ2) is 5.36.